The quantitative estimate of drug-likeness (QED) is 0.288. The second-order valence-corrected chi connectivity index (χ2v) is 9.61. The standard InChI is InChI=1S/C30H30F2N2O5/c1-18-13-23(19(2)33-25-6-4-3-5-21(25)17-35)29-24(14-18)26(36)15-28(39-29)34-11-12-37-27(16-34)20-7-9-22(10-8-20)38-30(31)32/h3-10,13-15,19,27,30,33,35H,11-12,16-17H2,1-2H3. The molecule has 0 amide bonds. The highest BCUT2D eigenvalue weighted by atomic mass is 19.3. The first-order chi connectivity index (χ1) is 18.8. The molecular formula is C30H30F2N2O5. The molecule has 2 atom stereocenters. The Bertz CT molecular complexity index is 1510. The minimum atomic E-state index is -2.89. The molecular weight excluding hydrogens is 506 g/mol. The zero-order valence-corrected chi connectivity index (χ0v) is 21.7. The van der Waals surface area contributed by atoms with Gasteiger partial charge in [-0.05, 0) is 49.2 Å². The van der Waals surface area contributed by atoms with Gasteiger partial charge in [-0.15, -0.1) is 0 Å². The van der Waals surface area contributed by atoms with Crippen molar-refractivity contribution in [1.29, 1.82) is 0 Å². The number of hydrogen-bond donors (Lipinski definition) is 2. The van der Waals surface area contributed by atoms with Crippen molar-refractivity contribution < 1.29 is 27.8 Å². The highest BCUT2D eigenvalue weighted by Crippen LogP contribution is 2.33. The summed E-state index contributed by atoms with van der Waals surface area (Å²) in [7, 11) is 0. The molecule has 4 aromatic rings. The number of ether oxygens (including phenoxy) is 2. The van der Waals surface area contributed by atoms with Gasteiger partial charge in [0.2, 0.25) is 0 Å². The lowest BCUT2D eigenvalue weighted by Gasteiger charge is -2.33. The van der Waals surface area contributed by atoms with Crippen LogP contribution in [0, 0.1) is 6.92 Å². The molecule has 0 saturated carbocycles. The smallest absolute Gasteiger partial charge is 0.387 e. The average molecular weight is 537 g/mol. The summed E-state index contributed by atoms with van der Waals surface area (Å²) in [4.78, 5) is 15.2. The summed E-state index contributed by atoms with van der Waals surface area (Å²) in [6.45, 7) is 2.29. The molecule has 1 aliphatic rings. The van der Waals surface area contributed by atoms with Crippen LogP contribution in [-0.4, -0.2) is 31.4 Å². The Morgan fingerprint density at radius 1 is 1.13 bits per heavy atom. The van der Waals surface area contributed by atoms with Crippen molar-refractivity contribution in [1.82, 2.24) is 0 Å². The Labute approximate surface area is 224 Å². The van der Waals surface area contributed by atoms with Crippen LogP contribution < -0.4 is 20.4 Å². The second-order valence-electron chi connectivity index (χ2n) is 9.61. The van der Waals surface area contributed by atoms with Crippen LogP contribution in [0.1, 0.15) is 41.3 Å². The molecule has 2 unspecified atom stereocenters. The number of hydrogen-bond acceptors (Lipinski definition) is 7. The lowest BCUT2D eigenvalue weighted by molar-refractivity contribution is -0.0498. The third-order valence-electron chi connectivity index (χ3n) is 6.87. The predicted molar refractivity (Wildman–Crippen MR) is 146 cm³/mol. The number of rotatable bonds is 8. The fourth-order valence-corrected chi connectivity index (χ4v) is 4.92. The highest BCUT2D eigenvalue weighted by Gasteiger charge is 2.25. The maximum absolute atomic E-state index is 13.3. The molecule has 1 aliphatic heterocycles. The van der Waals surface area contributed by atoms with Gasteiger partial charge in [-0.2, -0.15) is 8.78 Å². The first kappa shape index (κ1) is 26.6. The topological polar surface area (TPSA) is 84.2 Å². The molecule has 9 heteroatoms. The molecule has 1 fully saturated rings. The zero-order valence-electron chi connectivity index (χ0n) is 21.7. The van der Waals surface area contributed by atoms with Crippen LogP contribution in [0.25, 0.3) is 11.0 Å². The number of fused-ring (bicyclic) bond motifs is 1. The van der Waals surface area contributed by atoms with Gasteiger partial charge in [0.25, 0.3) is 0 Å². The van der Waals surface area contributed by atoms with E-state index >= 15 is 0 Å². The normalized spacial score (nSPS) is 16.5. The van der Waals surface area contributed by atoms with Crippen molar-refractivity contribution in [3.05, 3.63) is 99.2 Å². The van der Waals surface area contributed by atoms with E-state index in [4.69, 9.17) is 9.15 Å². The Hall–Kier alpha value is -3.95. The third kappa shape index (κ3) is 5.89. The lowest BCUT2D eigenvalue weighted by Crippen LogP contribution is -2.38. The number of halogens is 2. The number of morpholine rings is 1. The summed E-state index contributed by atoms with van der Waals surface area (Å²) in [5, 5.41) is 13.7. The van der Waals surface area contributed by atoms with Gasteiger partial charge in [0.1, 0.15) is 17.4 Å². The van der Waals surface area contributed by atoms with Crippen molar-refractivity contribution in [3.63, 3.8) is 0 Å². The largest absolute Gasteiger partial charge is 0.440 e. The van der Waals surface area contributed by atoms with E-state index in [1.165, 1.54) is 18.2 Å². The van der Waals surface area contributed by atoms with E-state index in [2.05, 4.69) is 10.1 Å². The van der Waals surface area contributed by atoms with Gasteiger partial charge < -0.3 is 29.2 Å². The third-order valence-corrected chi connectivity index (χ3v) is 6.87. The first-order valence-corrected chi connectivity index (χ1v) is 12.8. The Morgan fingerprint density at radius 3 is 2.64 bits per heavy atom. The van der Waals surface area contributed by atoms with Crippen molar-refractivity contribution in [2.45, 2.75) is 39.2 Å². The minimum absolute atomic E-state index is 0.0779. The fourth-order valence-electron chi connectivity index (χ4n) is 4.92. The van der Waals surface area contributed by atoms with E-state index in [1.807, 2.05) is 55.1 Å². The number of nitrogens with one attached hydrogen (secondary N) is 1. The van der Waals surface area contributed by atoms with Crippen LogP contribution in [0.3, 0.4) is 0 Å². The molecule has 5 rings (SSSR count). The van der Waals surface area contributed by atoms with Gasteiger partial charge in [0.15, 0.2) is 11.3 Å². The molecule has 0 aliphatic carbocycles. The molecule has 2 heterocycles. The SMILES string of the molecule is Cc1cc(C(C)Nc2ccccc2CO)c2oc(N3CCOC(c4ccc(OC(F)F)cc4)C3)cc(=O)c2c1. The summed E-state index contributed by atoms with van der Waals surface area (Å²) in [5.74, 6) is 0.514. The van der Waals surface area contributed by atoms with Crippen molar-refractivity contribution in [3.8, 4) is 5.75 Å². The first-order valence-electron chi connectivity index (χ1n) is 12.8. The van der Waals surface area contributed by atoms with E-state index in [0.717, 1.165) is 27.9 Å². The Balaban J connectivity index is 1.45. The number of benzene rings is 3. The number of aryl methyl sites for hydroxylation is 1. The van der Waals surface area contributed by atoms with Crippen LogP contribution in [0.5, 0.6) is 5.75 Å². The van der Waals surface area contributed by atoms with Crippen LogP contribution in [0.2, 0.25) is 0 Å². The molecule has 1 aromatic heterocycles. The van der Waals surface area contributed by atoms with Crippen LogP contribution in [0.4, 0.5) is 20.4 Å². The monoisotopic (exact) mass is 536 g/mol. The van der Waals surface area contributed by atoms with Crippen molar-refractivity contribution >= 4 is 22.5 Å². The lowest BCUT2D eigenvalue weighted by atomic mass is 10.0. The van der Waals surface area contributed by atoms with Crippen molar-refractivity contribution in [2.75, 3.05) is 29.9 Å². The molecule has 2 N–H and O–H groups in total. The van der Waals surface area contributed by atoms with Gasteiger partial charge in [0.05, 0.1) is 31.2 Å². The summed E-state index contributed by atoms with van der Waals surface area (Å²) < 4.78 is 41.8. The number of nitrogens with zero attached hydrogens (tertiary/aromatic N) is 1. The molecule has 1 saturated heterocycles. The molecule has 0 spiro atoms. The molecule has 204 valence electrons. The van der Waals surface area contributed by atoms with Gasteiger partial charge in [0, 0.05) is 29.4 Å². The van der Waals surface area contributed by atoms with E-state index in [9.17, 15) is 18.7 Å². The minimum Gasteiger partial charge on any atom is -0.440 e. The van der Waals surface area contributed by atoms with Crippen molar-refractivity contribution in [2.24, 2.45) is 0 Å². The summed E-state index contributed by atoms with van der Waals surface area (Å²) in [5.41, 5.74) is 4.51. The maximum atomic E-state index is 13.3. The summed E-state index contributed by atoms with van der Waals surface area (Å²) in [6.07, 6.45) is -0.339. The van der Waals surface area contributed by atoms with Crippen LogP contribution in [0.15, 0.2) is 75.9 Å². The van der Waals surface area contributed by atoms with E-state index in [1.54, 1.807) is 12.1 Å². The van der Waals surface area contributed by atoms with Gasteiger partial charge in [-0.25, -0.2) is 0 Å². The molecule has 0 bridgehead atoms. The van der Waals surface area contributed by atoms with E-state index < -0.39 is 6.61 Å². The zero-order chi connectivity index (χ0) is 27.5. The maximum Gasteiger partial charge on any atom is 0.387 e. The molecule has 7 nitrogen and oxygen atoms in total. The van der Waals surface area contributed by atoms with E-state index in [0.29, 0.717) is 36.5 Å². The van der Waals surface area contributed by atoms with Crippen LogP contribution >= 0.6 is 0 Å². The molecule has 39 heavy (non-hydrogen) atoms. The fraction of sp³-hybridized carbons (Fsp3) is 0.300. The Kier molecular flexibility index (Phi) is 7.81. The number of para-hydroxylation sites is 1. The summed E-state index contributed by atoms with van der Waals surface area (Å²) >= 11 is 0. The van der Waals surface area contributed by atoms with Gasteiger partial charge in [-0.3, -0.25) is 4.79 Å². The number of anilines is 2. The highest BCUT2D eigenvalue weighted by molar-refractivity contribution is 5.82. The average Bonchev–Trinajstić information content (AvgIpc) is 2.93. The van der Waals surface area contributed by atoms with Crippen LogP contribution in [-0.2, 0) is 11.3 Å². The molecule has 0 radical (unpaired) electrons. The van der Waals surface area contributed by atoms with E-state index in [-0.39, 0.29) is 29.9 Å². The number of aliphatic hydroxyl groups excluding tert-OH is 1. The Morgan fingerprint density at radius 2 is 1.90 bits per heavy atom. The number of alkyl halides is 2. The summed E-state index contributed by atoms with van der Waals surface area (Å²) in [6, 6.07) is 19.0. The predicted octanol–water partition coefficient (Wildman–Crippen LogP) is 5.95. The molecule has 3 aromatic carbocycles. The van der Waals surface area contributed by atoms with Gasteiger partial charge >= 0.3 is 6.61 Å². The van der Waals surface area contributed by atoms with Gasteiger partial charge in [-0.1, -0.05) is 36.4 Å². The number of aliphatic hydroxyl groups is 1. The second kappa shape index (κ2) is 11.4.